The number of halogens is 3. The van der Waals surface area contributed by atoms with Crippen molar-refractivity contribution in [1.29, 1.82) is 0 Å². The number of hydrogen-bond acceptors (Lipinski definition) is 4. The molecule has 0 saturated carbocycles. The molecule has 1 N–H and O–H groups in total. The molecule has 1 heterocycles. The summed E-state index contributed by atoms with van der Waals surface area (Å²) in [6, 6.07) is 15.4. The highest BCUT2D eigenvalue weighted by Gasteiger charge is 2.23. The maximum atomic E-state index is 13.8. The molecule has 4 nitrogen and oxygen atoms in total. The third kappa shape index (κ3) is 6.25. The molecule has 0 aromatic heterocycles. The average Bonchev–Trinajstić information content (AvgIpc) is 2.69. The van der Waals surface area contributed by atoms with Gasteiger partial charge in [-0.25, -0.2) is 4.39 Å². The molecule has 1 aliphatic rings. The predicted octanol–water partition coefficient (Wildman–Crippen LogP) is 4.03. The number of hydrogen-bond donors (Lipinski definition) is 1. The van der Waals surface area contributed by atoms with Crippen LogP contribution < -0.4 is 14.8 Å². The first-order valence-electron chi connectivity index (χ1n) is 8.67. The van der Waals surface area contributed by atoms with Crippen molar-refractivity contribution in [3.8, 4) is 11.5 Å². The van der Waals surface area contributed by atoms with E-state index in [2.05, 4.69) is 10.2 Å². The van der Waals surface area contributed by atoms with E-state index in [-0.39, 0.29) is 30.9 Å². The van der Waals surface area contributed by atoms with Gasteiger partial charge in [-0.1, -0.05) is 36.4 Å². The van der Waals surface area contributed by atoms with Gasteiger partial charge >= 0.3 is 0 Å². The lowest BCUT2D eigenvalue weighted by molar-refractivity contribution is 0.147. The van der Waals surface area contributed by atoms with Crippen LogP contribution in [0.2, 0.25) is 0 Å². The van der Waals surface area contributed by atoms with Crippen LogP contribution >= 0.6 is 24.8 Å². The van der Waals surface area contributed by atoms with E-state index < -0.39 is 6.67 Å². The molecule has 2 aromatic carbocycles. The van der Waals surface area contributed by atoms with E-state index >= 15 is 0 Å². The predicted molar refractivity (Wildman–Crippen MR) is 111 cm³/mol. The van der Waals surface area contributed by atoms with E-state index in [0.717, 1.165) is 37.3 Å². The van der Waals surface area contributed by atoms with E-state index in [4.69, 9.17) is 9.47 Å². The zero-order valence-electron chi connectivity index (χ0n) is 15.4. The lowest BCUT2D eigenvalue weighted by Gasteiger charge is -2.33. The first-order valence-corrected chi connectivity index (χ1v) is 8.67. The van der Waals surface area contributed by atoms with Crippen LogP contribution in [-0.4, -0.2) is 44.9 Å². The average molecular weight is 417 g/mol. The lowest BCUT2D eigenvalue weighted by atomic mass is 10.0. The molecule has 0 bridgehead atoms. The van der Waals surface area contributed by atoms with Crippen molar-refractivity contribution in [2.75, 3.05) is 40.0 Å². The second kappa shape index (κ2) is 12.0. The van der Waals surface area contributed by atoms with E-state index in [1.807, 2.05) is 48.5 Å². The molecule has 2 aromatic rings. The fraction of sp³-hybridized carbons (Fsp3) is 0.400. The molecule has 7 heteroatoms. The number of ether oxygens (including phenoxy) is 2. The molecule has 150 valence electrons. The third-order valence-corrected chi connectivity index (χ3v) is 4.55. The van der Waals surface area contributed by atoms with Gasteiger partial charge < -0.3 is 14.8 Å². The van der Waals surface area contributed by atoms with Crippen LogP contribution in [0.5, 0.6) is 11.5 Å². The smallest absolute Gasteiger partial charge is 0.161 e. The Labute approximate surface area is 172 Å². The molecule has 1 fully saturated rings. The number of methoxy groups -OCH3 is 1. The van der Waals surface area contributed by atoms with Crippen molar-refractivity contribution in [2.24, 2.45) is 0 Å². The van der Waals surface area contributed by atoms with Crippen LogP contribution in [0.25, 0.3) is 0 Å². The van der Waals surface area contributed by atoms with Gasteiger partial charge in [-0.15, -0.1) is 24.8 Å². The second-order valence-corrected chi connectivity index (χ2v) is 6.14. The highest BCUT2D eigenvalue weighted by Crippen LogP contribution is 2.33. The van der Waals surface area contributed by atoms with Crippen molar-refractivity contribution in [3.05, 3.63) is 59.7 Å². The van der Waals surface area contributed by atoms with Gasteiger partial charge in [-0.2, -0.15) is 0 Å². The normalized spacial score (nSPS) is 15.2. The summed E-state index contributed by atoms with van der Waals surface area (Å²) in [4.78, 5) is 2.18. The lowest BCUT2D eigenvalue weighted by Crippen LogP contribution is -2.45. The summed E-state index contributed by atoms with van der Waals surface area (Å²) in [5.74, 6) is 1.31. The number of nitrogens with one attached hydrogen (secondary N) is 1. The Bertz CT molecular complexity index is 670. The maximum absolute atomic E-state index is 13.8. The molecule has 1 aliphatic heterocycles. The molecule has 0 unspecified atom stereocenters. The topological polar surface area (TPSA) is 33.7 Å². The Morgan fingerprint density at radius 1 is 1.04 bits per heavy atom. The fourth-order valence-corrected chi connectivity index (χ4v) is 3.14. The summed E-state index contributed by atoms with van der Waals surface area (Å²) in [5.41, 5.74) is 2.01. The van der Waals surface area contributed by atoms with Crippen LogP contribution in [0, 0.1) is 0 Å². The van der Waals surface area contributed by atoms with E-state index in [0.29, 0.717) is 18.1 Å². The molecule has 0 aliphatic carbocycles. The fourth-order valence-electron chi connectivity index (χ4n) is 3.14. The summed E-state index contributed by atoms with van der Waals surface area (Å²) in [6.45, 7) is 3.52. The van der Waals surface area contributed by atoms with Gasteiger partial charge in [0, 0.05) is 26.2 Å². The van der Waals surface area contributed by atoms with Gasteiger partial charge in [0.15, 0.2) is 11.5 Å². The Hall–Kier alpha value is -1.53. The quantitative estimate of drug-likeness (QED) is 0.738. The number of benzene rings is 2. The Morgan fingerprint density at radius 2 is 1.74 bits per heavy atom. The van der Waals surface area contributed by atoms with Gasteiger partial charge in [0.25, 0.3) is 0 Å². The van der Waals surface area contributed by atoms with E-state index in [9.17, 15) is 4.39 Å². The molecule has 0 amide bonds. The van der Waals surface area contributed by atoms with Gasteiger partial charge in [0.05, 0.1) is 13.2 Å². The standard InChI is InChI=1S/C20H25FN2O2.2ClH/c1-24-19-8-7-17(18(14-21)23-11-9-22-10-12-23)13-20(19)25-15-16-5-3-2-4-6-16;;/h2-8,13,18,22H,9-12,14-15H2,1H3;2*1H/t18-;;/m1../s1. The van der Waals surface area contributed by atoms with Crippen molar-refractivity contribution in [1.82, 2.24) is 10.2 Å². The summed E-state index contributed by atoms with van der Waals surface area (Å²) in [6.07, 6.45) is 0. The van der Waals surface area contributed by atoms with Crippen molar-refractivity contribution >= 4 is 24.8 Å². The number of alkyl halides is 1. The highest BCUT2D eigenvalue weighted by atomic mass is 35.5. The molecular formula is C20H27Cl2FN2O2. The molecular weight excluding hydrogens is 390 g/mol. The zero-order valence-corrected chi connectivity index (χ0v) is 17.0. The number of nitrogens with zero attached hydrogens (tertiary/aromatic N) is 1. The molecule has 0 spiro atoms. The number of rotatable bonds is 7. The van der Waals surface area contributed by atoms with Gasteiger partial charge in [0.1, 0.15) is 13.3 Å². The molecule has 1 saturated heterocycles. The first kappa shape index (κ1) is 23.5. The second-order valence-electron chi connectivity index (χ2n) is 6.14. The summed E-state index contributed by atoms with van der Waals surface area (Å²) in [5, 5.41) is 3.30. The minimum atomic E-state index is -0.412. The first-order chi connectivity index (χ1) is 12.3. The van der Waals surface area contributed by atoms with Crippen LogP contribution in [0.15, 0.2) is 48.5 Å². The van der Waals surface area contributed by atoms with E-state index in [1.165, 1.54) is 0 Å². The number of piperazine rings is 1. The monoisotopic (exact) mass is 416 g/mol. The highest BCUT2D eigenvalue weighted by molar-refractivity contribution is 5.85. The minimum Gasteiger partial charge on any atom is -0.493 e. The Balaban J connectivity index is 0.00000182. The van der Waals surface area contributed by atoms with Crippen molar-refractivity contribution < 1.29 is 13.9 Å². The Kier molecular flexibility index (Phi) is 10.5. The van der Waals surface area contributed by atoms with Gasteiger partial charge in [0.2, 0.25) is 0 Å². The molecule has 3 rings (SSSR count). The summed E-state index contributed by atoms with van der Waals surface area (Å²) in [7, 11) is 1.62. The summed E-state index contributed by atoms with van der Waals surface area (Å²) < 4.78 is 25.1. The van der Waals surface area contributed by atoms with Crippen LogP contribution in [0.1, 0.15) is 17.2 Å². The summed E-state index contributed by atoms with van der Waals surface area (Å²) >= 11 is 0. The van der Waals surface area contributed by atoms with Gasteiger partial charge in [-0.3, -0.25) is 4.90 Å². The third-order valence-electron chi connectivity index (χ3n) is 4.55. The molecule has 27 heavy (non-hydrogen) atoms. The largest absolute Gasteiger partial charge is 0.493 e. The zero-order chi connectivity index (χ0) is 17.5. The van der Waals surface area contributed by atoms with Crippen LogP contribution in [-0.2, 0) is 6.61 Å². The molecule has 1 atom stereocenters. The van der Waals surface area contributed by atoms with Crippen molar-refractivity contribution in [3.63, 3.8) is 0 Å². The van der Waals surface area contributed by atoms with Crippen molar-refractivity contribution in [2.45, 2.75) is 12.6 Å². The van der Waals surface area contributed by atoms with Crippen LogP contribution in [0.3, 0.4) is 0 Å². The SMILES string of the molecule is COc1ccc([C@@H](CF)N2CCNCC2)cc1OCc1ccccc1.Cl.Cl. The van der Waals surface area contributed by atoms with E-state index in [1.54, 1.807) is 7.11 Å². The van der Waals surface area contributed by atoms with Gasteiger partial charge in [-0.05, 0) is 23.3 Å². The Morgan fingerprint density at radius 3 is 2.37 bits per heavy atom. The maximum Gasteiger partial charge on any atom is 0.161 e. The molecule has 0 radical (unpaired) electrons. The van der Waals surface area contributed by atoms with Crippen LogP contribution in [0.4, 0.5) is 4.39 Å². The minimum absolute atomic E-state index is 0.